The maximum Gasteiger partial charge on any atom is 0.126 e. The van der Waals surface area contributed by atoms with E-state index in [0.717, 1.165) is 12.8 Å². The third kappa shape index (κ3) is 5.66. The van der Waals surface area contributed by atoms with Crippen LogP contribution in [0.3, 0.4) is 0 Å². The lowest BCUT2D eigenvalue weighted by Gasteiger charge is -2.41. The molecule has 2 aliphatic rings. The van der Waals surface area contributed by atoms with Crippen molar-refractivity contribution in [3.8, 4) is 46.0 Å². The lowest BCUT2D eigenvalue weighted by molar-refractivity contribution is -0.00245. The summed E-state index contributed by atoms with van der Waals surface area (Å²) < 4.78 is 6.95. The van der Waals surface area contributed by atoms with Gasteiger partial charge in [0.15, 0.2) is 0 Å². The van der Waals surface area contributed by atoms with Crippen LogP contribution < -0.4 is 0 Å². The highest BCUT2D eigenvalue weighted by Gasteiger charge is 2.60. The highest BCUT2D eigenvalue weighted by molar-refractivity contribution is 5.65. The third-order valence-electron chi connectivity index (χ3n) is 11.7. The molecule has 4 aromatic rings. The maximum absolute atomic E-state index is 12.3. The fourth-order valence-corrected chi connectivity index (χ4v) is 8.97. The van der Waals surface area contributed by atoms with Crippen molar-refractivity contribution in [2.75, 3.05) is 0 Å². The van der Waals surface area contributed by atoms with Crippen LogP contribution in [0, 0.1) is 25.7 Å². The summed E-state index contributed by atoms with van der Waals surface area (Å²) in [5, 5.41) is 90.7. The lowest BCUT2D eigenvalue weighted by Crippen LogP contribution is -2.42. The van der Waals surface area contributed by atoms with Crippen molar-refractivity contribution in [1.29, 1.82) is 0 Å². The average molecular weight is 711 g/mol. The molecule has 1 saturated heterocycles. The van der Waals surface area contributed by atoms with Crippen LogP contribution >= 0.6 is 0 Å². The molecule has 4 aromatic carbocycles. The van der Waals surface area contributed by atoms with Crippen LogP contribution in [-0.2, 0) is 30.4 Å². The number of ether oxygens (including phenoxy) is 1. The fourth-order valence-electron chi connectivity index (χ4n) is 8.97. The van der Waals surface area contributed by atoms with E-state index in [1.807, 2.05) is 26.0 Å². The Morgan fingerprint density at radius 1 is 0.596 bits per heavy atom. The molecule has 1 fully saturated rings. The Bertz CT molecular complexity index is 2070. The van der Waals surface area contributed by atoms with E-state index >= 15 is 0 Å². The topological polar surface area (TPSA) is 171 Å². The van der Waals surface area contributed by atoms with Crippen molar-refractivity contribution >= 4 is 0 Å². The largest absolute Gasteiger partial charge is 0.508 e. The number of phenols is 8. The van der Waals surface area contributed by atoms with Gasteiger partial charge < -0.3 is 45.6 Å². The number of aryl methyl sites for hydroxylation is 2. The number of benzene rings is 4. The van der Waals surface area contributed by atoms with Gasteiger partial charge in [0, 0.05) is 52.1 Å². The molecule has 2 aliphatic heterocycles. The van der Waals surface area contributed by atoms with Gasteiger partial charge >= 0.3 is 0 Å². The summed E-state index contributed by atoms with van der Waals surface area (Å²) in [4.78, 5) is 0. The van der Waals surface area contributed by atoms with Gasteiger partial charge in [-0.2, -0.15) is 0 Å². The summed E-state index contributed by atoms with van der Waals surface area (Å²) in [6.07, 6.45) is 5.97. The normalized spacial score (nSPS) is 21.2. The molecule has 52 heavy (non-hydrogen) atoms. The minimum atomic E-state index is -1.04. The highest BCUT2D eigenvalue weighted by Crippen LogP contribution is 2.61. The minimum Gasteiger partial charge on any atom is -0.508 e. The van der Waals surface area contributed by atoms with Crippen LogP contribution in [-0.4, -0.2) is 52.6 Å². The molecule has 5 atom stereocenters. The molecule has 0 aromatic heterocycles. The van der Waals surface area contributed by atoms with Gasteiger partial charge in [-0.05, 0) is 91.5 Å². The first-order chi connectivity index (χ1) is 24.7. The van der Waals surface area contributed by atoms with E-state index in [0.29, 0.717) is 45.4 Å². The van der Waals surface area contributed by atoms with Gasteiger partial charge in [0.1, 0.15) is 51.6 Å². The first-order valence-electron chi connectivity index (χ1n) is 18.2. The Kier molecular flexibility index (Phi) is 9.79. The Hall–Kier alpha value is -5.02. The summed E-state index contributed by atoms with van der Waals surface area (Å²) in [5.74, 6) is -1.82. The van der Waals surface area contributed by atoms with Crippen LogP contribution in [0.25, 0.3) is 0 Å². The van der Waals surface area contributed by atoms with E-state index < -0.39 is 11.5 Å². The van der Waals surface area contributed by atoms with E-state index in [1.54, 1.807) is 38.1 Å². The number of aromatic hydroxyl groups is 8. The molecule has 9 heteroatoms. The van der Waals surface area contributed by atoms with Gasteiger partial charge in [0.05, 0.1) is 6.10 Å². The van der Waals surface area contributed by atoms with Crippen LogP contribution in [0.5, 0.6) is 46.0 Å². The van der Waals surface area contributed by atoms with Crippen molar-refractivity contribution in [3.05, 3.63) is 104 Å². The van der Waals surface area contributed by atoms with Gasteiger partial charge in [-0.25, -0.2) is 0 Å². The highest BCUT2D eigenvalue weighted by atomic mass is 16.5. The van der Waals surface area contributed by atoms with Gasteiger partial charge in [0.2, 0.25) is 0 Å². The average Bonchev–Trinajstić information content (AvgIpc) is 3.69. The number of hydrogen-bond donors (Lipinski definition) is 8. The van der Waals surface area contributed by atoms with Gasteiger partial charge in [0.25, 0.3) is 0 Å². The molecule has 0 saturated carbocycles. The molecule has 6 rings (SSSR count). The van der Waals surface area contributed by atoms with E-state index in [-0.39, 0.29) is 99.9 Å². The van der Waals surface area contributed by atoms with Gasteiger partial charge in [-0.15, -0.1) is 0 Å². The quantitative estimate of drug-likeness (QED) is 0.0716. The monoisotopic (exact) mass is 710 g/mol. The van der Waals surface area contributed by atoms with Crippen molar-refractivity contribution in [2.24, 2.45) is 11.8 Å². The first kappa shape index (κ1) is 36.8. The molecule has 276 valence electrons. The number of hydrogen-bond acceptors (Lipinski definition) is 9. The SMILES string of the molecule is CCc1c(O)ccc(Cc2c(O)c(C)cc(C(c3cc(Cc4c(O)ccc(C)c4O)c(O)c(CC)c3O)C34C=CC(O3)C(CC)C4CC)c2O)c1O. The van der Waals surface area contributed by atoms with Crippen molar-refractivity contribution < 1.29 is 45.6 Å². The molecule has 0 aliphatic carbocycles. The zero-order chi connectivity index (χ0) is 37.8. The summed E-state index contributed by atoms with van der Waals surface area (Å²) in [6.45, 7) is 11.3. The summed E-state index contributed by atoms with van der Waals surface area (Å²) in [5.41, 5.74) is 2.52. The molecular formula is C43H50O9. The zero-order valence-electron chi connectivity index (χ0n) is 30.7. The van der Waals surface area contributed by atoms with E-state index in [1.165, 1.54) is 12.1 Å². The van der Waals surface area contributed by atoms with Gasteiger partial charge in [-0.1, -0.05) is 58.4 Å². The first-order valence-corrected chi connectivity index (χ1v) is 18.2. The fraction of sp³-hybridized carbons (Fsp3) is 0.395. The number of rotatable bonds is 11. The predicted molar refractivity (Wildman–Crippen MR) is 199 cm³/mol. The summed E-state index contributed by atoms with van der Waals surface area (Å²) in [6, 6.07) is 9.51. The predicted octanol–water partition coefficient (Wildman–Crippen LogP) is 8.15. The van der Waals surface area contributed by atoms with Crippen molar-refractivity contribution in [1.82, 2.24) is 0 Å². The molecule has 8 N–H and O–H groups in total. The molecule has 2 heterocycles. The van der Waals surface area contributed by atoms with Crippen molar-refractivity contribution in [2.45, 2.75) is 97.7 Å². The Morgan fingerprint density at radius 2 is 1.17 bits per heavy atom. The molecule has 0 amide bonds. The number of fused-ring (bicyclic) bond motifs is 2. The van der Waals surface area contributed by atoms with E-state index in [4.69, 9.17) is 4.74 Å². The zero-order valence-corrected chi connectivity index (χ0v) is 30.7. The maximum atomic E-state index is 12.3. The molecule has 0 spiro atoms. The van der Waals surface area contributed by atoms with E-state index in [9.17, 15) is 40.9 Å². The smallest absolute Gasteiger partial charge is 0.126 e. The lowest BCUT2D eigenvalue weighted by atomic mass is 9.63. The Balaban J connectivity index is 1.64. The number of phenolic OH excluding ortho intramolecular Hbond substituents is 8. The second-order valence-corrected chi connectivity index (χ2v) is 14.4. The summed E-state index contributed by atoms with van der Waals surface area (Å²) in [7, 11) is 0. The van der Waals surface area contributed by atoms with Crippen LogP contribution in [0.4, 0.5) is 0 Å². The Labute approximate surface area is 304 Å². The van der Waals surface area contributed by atoms with Crippen molar-refractivity contribution in [3.63, 3.8) is 0 Å². The molecule has 5 unspecified atom stereocenters. The van der Waals surface area contributed by atoms with E-state index in [2.05, 4.69) is 13.8 Å². The molecule has 0 radical (unpaired) electrons. The van der Waals surface area contributed by atoms with Gasteiger partial charge in [-0.3, -0.25) is 0 Å². The standard InChI is InChI=1S/C43H50O9/c1-7-25-32(10-4)43(16-15-35(25)52-43)36(29-17-22(6)38(47)31(42(29)51)18-23-12-14-33(44)26(8-2)39(23)48)30-20-24(40(49)27(9-3)41(30)50)19-28-34(45)13-11-21(5)37(28)46/h11-17,20,25,32,35-36,44-51H,7-10,18-19H2,1-6H3. The molecular weight excluding hydrogens is 660 g/mol. The van der Waals surface area contributed by atoms with Crippen LogP contribution in [0.2, 0.25) is 0 Å². The molecule has 9 nitrogen and oxygen atoms in total. The molecule has 2 bridgehead atoms. The summed E-state index contributed by atoms with van der Waals surface area (Å²) >= 11 is 0. The Morgan fingerprint density at radius 3 is 1.83 bits per heavy atom. The van der Waals surface area contributed by atoms with Crippen LogP contribution in [0.15, 0.2) is 48.6 Å². The third-order valence-corrected chi connectivity index (χ3v) is 11.7. The second kappa shape index (κ2) is 13.8. The van der Waals surface area contributed by atoms with Crippen LogP contribution in [0.1, 0.15) is 102 Å². The minimum absolute atomic E-state index is 0.0331. The second-order valence-electron chi connectivity index (χ2n) is 14.4.